The number of aromatic amines is 1. The lowest BCUT2D eigenvalue weighted by atomic mass is 10.1. The van der Waals surface area contributed by atoms with Crippen molar-refractivity contribution >= 4 is 23.6 Å². The molecule has 2 aromatic rings. The predicted octanol–water partition coefficient (Wildman–Crippen LogP) is 3.12. The van der Waals surface area contributed by atoms with E-state index in [0.29, 0.717) is 21.9 Å². The minimum Gasteiger partial charge on any atom is -0.494 e. The Bertz CT molecular complexity index is 604. The van der Waals surface area contributed by atoms with Gasteiger partial charge in [0.05, 0.1) is 19.1 Å². The van der Waals surface area contributed by atoms with E-state index in [2.05, 4.69) is 4.98 Å². The molecule has 2 N–H and O–H groups in total. The summed E-state index contributed by atoms with van der Waals surface area (Å²) in [5.41, 5.74) is 0.942. The first-order chi connectivity index (χ1) is 8.65. The largest absolute Gasteiger partial charge is 0.494 e. The lowest BCUT2D eigenvalue weighted by Crippen LogP contribution is -1.96. The van der Waals surface area contributed by atoms with Crippen LogP contribution in [0.2, 0.25) is 0 Å². The lowest BCUT2D eigenvalue weighted by molar-refractivity contribution is 0.352. The van der Waals surface area contributed by atoms with Crippen molar-refractivity contribution in [3.63, 3.8) is 0 Å². The highest BCUT2D eigenvalue weighted by atomic mass is 32.1. The second-order valence-corrected chi connectivity index (χ2v) is 5.39. The van der Waals surface area contributed by atoms with Crippen molar-refractivity contribution < 1.29 is 14.6 Å². The minimum atomic E-state index is 0.120. The molecule has 0 atom stereocenters. The number of aromatic nitrogens is 1. The molecule has 0 radical (unpaired) electrons. The second kappa shape index (κ2) is 5.41. The first-order valence-electron chi connectivity index (χ1n) is 5.26. The van der Waals surface area contributed by atoms with Crippen LogP contribution in [0.25, 0.3) is 0 Å². The van der Waals surface area contributed by atoms with Crippen LogP contribution in [0.1, 0.15) is 10.4 Å². The van der Waals surface area contributed by atoms with Crippen LogP contribution in [0, 0.1) is 3.95 Å². The van der Waals surface area contributed by atoms with Gasteiger partial charge in [0.25, 0.3) is 0 Å². The van der Waals surface area contributed by atoms with E-state index in [1.807, 2.05) is 18.2 Å². The summed E-state index contributed by atoms with van der Waals surface area (Å²) in [5, 5.41) is 9.70. The van der Waals surface area contributed by atoms with Gasteiger partial charge in [0.1, 0.15) is 0 Å². The van der Waals surface area contributed by atoms with Crippen LogP contribution in [0.3, 0.4) is 0 Å². The fraction of sp³-hybridized carbons (Fsp3) is 0.250. The number of hydrogen-bond acceptors (Lipinski definition) is 5. The summed E-state index contributed by atoms with van der Waals surface area (Å²) in [4.78, 5) is 3.49. The molecule has 1 aromatic carbocycles. The highest BCUT2D eigenvalue weighted by molar-refractivity contribution is 7.73. The molecule has 0 unspecified atom stereocenters. The first kappa shape index (κ1) is 12.9. The molecule has 0 aliphatic rings. The van der Waals surface area contributed by atoms with E-state index in [0.717, 1.165) is 10.4 Å². The number of methoxy groups -OCH3 is 2. The Balaban J connectivity index is 2.40. The van der Waals surface area contributed by atoms with Crippen LogP contribution in [0.5, 0.6) is 17.4 Å². The molecule has 4 nitrogen and oxygen atoms in total. The molecule has 0 fully saturated rings. The third-order valence-electron chi connectivity index (χ3n) is 2.54. The van der Waals surface area contributed by atoms with Gasteiger partial charge in [0.2, 0.25) is 5.88 Å². The first-order valence-corrected chi connectivity index (χ1v) is 6.49. The SMILES string of the molecule is COc1cccc(Cc2sc(=S)[nH]c2O)c1OC. The molecule has 96 valence electrons. The Kier molecular flexibility index (Phi) is 3.88. The van der Waals surface area contributed by atoms with Crippen LogP contribution in [-0.4, -0.2) is 24.3 Å². The fourth-order valence-corrected chi connectivity index (χ4v) is 2.88. The Morgan fingerprint density at radius 3 is 2.67 bits per heavy atom. The highest BCUT2D eigenvalue weighted by Crippen LogP contribution is 2.34. The van der Waals surface area contributed by atoms with E-state index in [-0.39, 0.29) is 5.88 Å². The van der Waals surface area contributed by atoms with Gasteiger partial charge in [-0.1, -0.05) is 12.1 Å². The van der Waals surface area contributed by atoms with Gasteiger partial charge in [0, 0.05) is 12.0 Å². The minimum absolute atomic E-state index is 0.120. The van der Waals surface area contributed by atoms with E-state index in [1.165, 1.54) is 11.3 Å². The van der Waals surface area contributed by atoms with Crippen molar-refractivity contribution in [1.29, 1.82) is 0 Å². The fourth-order valence-electron chi connectivity index (χ4n) is 1.74. The smallest absolute Gasteiger partial charge is 0.203 e. The maximum atomic E-state index is 9.70. The Morgan fingerprint density at radius 1 is 1.33 bits per heavy atom. The molecule has 2 rings (SSSR count). The standard InChI is InChI=1S/C12H13NO3S2/c1-15-8-5-3-4-7(10(8)16-2)6-9-11(14)13-12(17)18-9/h3-5,14H,6H2,1-2H3,(H,13,17). The van der Waals surface area contributed by atoms with Gasteiger partial charge < -0.3 is 19.6 Å². The lowest BCUT2D eigenvalue weighted by Gasteiger charge is -2.11. The molecule has 0 bridgehead atoms. The van der Waals surface area contributed by atoms with E-state index in [1.54, 1.807) is 14.2 Å². The maximum Gasteiger partial charge on any atom is 0.203 e. The van der Waals surface area contributed by atoms with Gasteiger partial charge in [-0.25, -0.2) is 0 Å². The molecule has 1 aromatic heterocycles. The molecule has 0 aliphatic heterocycles. The van der Waals surface area contributed by atoms with E-state index in [9.17, 15) is 5.11 Å². The van der Waals surface area contributed by atoms with Crippen molar-refractivity contribution in [1.82, 2.24) is 4.98 Å². The van der Waals surface area contributed by atoms with Crippen molar-refractivity contribution in [3.05, 3.63) is 32.6 Å². The monoisotopic (exact) mass is 283 g/mol. The summed E-state index contributed by atoms with van der Waals surface area (Å²) in [6, 6.07) is 5.66. The summed E-state index contributed by atoms with van der Waals surface area (Å²) >= 11 is 6.35. The molecule has 0 saturated heterocycles. The third kappa shape index (κ3) is 2.49. The number of thiazole rings is 1. The zero-order valence-electron chi connectivity index (χ0n) is 10.0. The van der Waals surface area contributed by atoms with Crippen LogP contribution >= 0.6 is 23.6 Å². The number of H-pyrrole nitrogens is 1. The molecular weight excluding hydrogens is 270 g/mol. The zero-order chi connectivity index (χ0) is 13.1. The third-order valence-corrected chi connectivity index (χ3v) is 3.76. The summed E-state index contributed by atoms with van der Waals surface area (Å²) in [6.45, 7) is 0. The van der Waals surface area contributed by atoms with Gasteiger partial charge in [-0.3, -0.25) is 0 Å². The van der Waals surface area contributed by atoms with Crippen LogP contribution < -0.4 is 9.47 Å². The molecule has 6 heteroatoms. The number of nitrogens with one attached hydrogen (secondary N) is 1. The summed E-state index contributed by atoms with van der Waals surface area (Å²) in [5.74, 6) is 1.47. The van der Waals surface area contributed by atoms with E-state index in [4.69, 9.17) is 21.7 Å². The average molecular weight is 283 g/mol. The van der Waals surface area contributed by atoms with Gasteiger partial charge in [0.15, 0.2) is 15.5 Å². The topological polar surface area (TPSA) is 54.5 Å². The number of benzene rings is 1. The molecule has 0 saturated carbocycles. The number of rotatable bonds is 4. The normalized spacial score (nSPS) is 10.3. The molecule has 0 amide bonds. The Hall–Kier alpha value is -1.53. The van der Waals surface area contributed by atoms with Gasteiger partial charge >= 0.3 is 0 Å². The van der Waals surface area contributed by atoms with Crippen molar-refractivity contribution in [2.45, 2.75) is 6.42 Å². The summed E-state index contributed by atoms with van der Waals surface area (Å²) < 4.78 is 11.1. The van der Waals surface area contributed by atoms with Crippen LogP contribution in [-0.2, 0) is 6.42 Å². The summed E-state index contributed by atoms with van der Waals surface area (Å²) in [6.07, 6.45) is 0.546. The highest BCUT2D eigenvalue weighted by Gasteiger charge is 2.13. The Morgan fingerprint density at radius 2 is 2.11 bits per heavy atom. The molecule has 0 aliphatic carbocycles. The van der Waals surface area contributed by atoms with Crippen LogP contribution in [0.15, 0.2) is 18.2 Å². The average Bonchev–Trinajstić information content (AvgIpc) is 2.67. The molecule has 1 heterocycles. The predicted molar refractivity (Wildman–Crippen MR) is 73.5 cm³/mol. The number of para-hydroxylation sites is 1. The Labute approximate surface area is 114 Å². The number of hydrogen-bond donors (Lipinski definition) is 2. The van der Waals surface area contributed by atoms with Gasteiger partial charge in [-0.2, -0.15) is 0 Å². The molecular formula is C12H13NO3S2. The zero-order valence-corrected chi connectivity index (χ0v) is 11.7. The summed E-state index contributed by atoms with van der Waals surface area (Å²) in [7, 11) is 3.19. The van der Waals surface area contributed by atoms with Gasteiger partial charge in [-0.15, -0.1) is 11.3 Å². The number of aromatic hydroxyl groups is 1. The quantitative estimate of drug-likeness (QED) is 0.847. The van der Waals surface area contributed by atoms with Crippen molar-refractivity contribution in [3.8, 4) is 17.4 Å². The van der Waals surface area contributed by atoms with Crippen molar-refractivity contribution in [2.75, 3.05) is 14.2 Å². The number of ether oxygens (including phenoxy) is 2. The van der Waals surface area contributed by atoms with E-state index < -0.39 is 0 Å². The van der Waals surface area contributed by atoms with Crippen LogP contribution in [0.4, 0.5) is 0 Å². The maximum absolute atomic E-state index is 9.70. The molecule has 18 heavy (non-hydrogen) atoms. The van der Waals surface area contributed by atoms with Crippen molar-refractivity contribution in [2.24, 2.45) is 0 Å². The van der Waals surface area contributed by atoms with Gasteiger partial charge in [-0.05, 0) is 18.3 Å². The second-order valence-electron chi connectivity index (χ2n) is 3.62. The van der Waals surface area contributed by atoms with E-state index >= 15 is 0 Å². The molecule has 0 spiro atoms.